The van der Waals surface area contributed by atoms with E-state index in [-0.39, 0.29) is 6.03 Å². The van der Waals surface area contributed by atoms with Crippen LogP contribution < -0.4 is 10.6 Å². The van der Waals surface area contributed by atoms with Crippen molar-refractivity contribution in [3.8, 4) is 0 Å². The number of hydrogen-bond donors (Lipinski definition) is 2. The number of aromatic nitrogens is 2. The zero-order chi connectivity index (χ0) is 13.7. The third-order valence-electron chi connectivity index (χ3n) is 2.62. The largest absolute Gasteiger partial charge is 0.323 e. The summed E-state index contributed by atoms with van der Waals surface area (Å²) in [5.41, 5.74) is 2.57. The molecule has 0 aliphatic carbocycles. The lowest BCUT2D eigenvalue weighted by Gasteiger charge is -2.06. The van der Waals surface area contributed by atoms with Crippen molar-refractivity contribution in [2.45, 2.75) is 26.8 Å². The number of hydrogen-bond acceptors (Lipinski definition) is 2. The Kier molecular flexibility index (Phi) is 4.18. The number of carbonyl (C=O) groups excluding carboxylic acids is 1. The third-order valence-corrected chi connectivity index (χ3v) is 2.62. The molecule has 0 atom stereocenters. The van der Waals surface area contributed by atoms with Gasteiger partial charge < -0.3 is 10.6 Å². The Labute approximate surface area is 112 Å². The van der Waals surface area contributed by atoms with Gasteiger partial charge in [0.1, 0.15) is 0 Å². The van der Waals surface area contributed by atoms with Crippen LogP contribution in [0, 0.1) is 6.92 Å². The Morgan fingerprint density at radius 2 is 2.11 bits per heavy atom. The highest BCUT2D eigenvalue weighted by atomic mass is 16.2. The molecule has 0 radical (unpaired) electrons. The van der Waals surface area contributed by atoms with Crippen LogP contribution in [-0.2, 0) is 6.54 Å². The lowest BCUT2D eigenvalue weighted by Crippen LogP contribution is -2.19. The Bertz CT molecular complexity index is 562. The molecule has 0 unspecified atom stereocenters. The molecular weight excluding hydrogens is 240 g/mol. The Morgan fingerprint density at radius 3 is 2.84 bits per heavy atom. The number of benzene rings is 1. The molecule has 1 aromatic heterocycles. The summed E-state index contributed by atoms with van der Waals surface area (Å²) in [6.45, 7) is 4.91. The average Bonchev–Trinajstić information content (AvgIpc) is 2.77. The summed E-state index contributed by atoms with van der Waals surface area (Å²) in [5.74, 6) is 0. The molecule has 2 rings (SSSR count). The maximum absolute atomic E-state index is 11.8. The molecule has 5 heteroatoms. The van der Waals surface area contributed by atoms with Crippen LogP contribution in [0.15, 0.2) is 36.7 Å². The molecule has 0 saturated heterocycles. The van der Waals surface area contributed by atoms with Gasteiger partial charge in [-0.15, -0.1) is 0 Å². The fourth-order valence-corrected chi connectivity index (χ4v) is 1.80. The smallest absolute Gasteiger partial charge is 0.308 e. The van der Waals surface area contributed by atoms with E-state index < -0.39 is 0 Å². The van der Waals surface area contributed by atoms with Gasteiger partial charge in [-0.25, -0.2) is 4.79 Å². The fourth-order valence-electron chi connectivity index (χ4n) is 1.80. The van der Waals surface area contributed by atoms with E-state index in [1.165, 1.54) is 0 Å². The number of rotatable bonds is 4. The van der Waals surface area contributed by atoms with Crippen LogP contribution in [0.3, 0.4) is 0 Å². The Morgan fingerprint density at radius 1 is 1.32 bits per heavy atom. The quantitative estimate of drug-likeness (QED) is 0.884. The van der Waals surface area contributed by atoms with Crippen LogP contribution in [0.5, 0.6) is 0 Å². The molecule has 0 spiro atoms. The van der Waals surface area contributed by atoms with E-state index in [2.05, 4.69) is 22.7 Å². The average molecular weight is 258 g/mol. The van der Waals surface area contributed by atoms with Gasteiger partial charge in [0.05, 0.1) is 11.9 Å². The van der Waals surface area contributed by atoms with Gasteiger partial charge in [-0.3, -0.25) is 4.68 Å². The van der Waals surface area contributed by atoms with E-state index in [1.54, 1.807) is 6.20 Å². The molecule has 100 valence electrons. The van der Waals surface area contributed by atoms with Crippen molar-refractivity contribution >= 4 is 17.4 Å². The SMILES string of the molecule is CCCn1cc(NC(=O)Nc2cccc(C)c2)cn1. The van der Waals surface area contributed by atoms with Crippen molar-refractivity contribution in [3.63, 3.8) is 0 Å². The van der Waals surface area contributed by atoms with E-state index in [4.69, 9.17) is 0 Å². The van der Waals surface area contributed by atoms with Crippen LogP contribution in [0.25, 0.3) is 0 Å². The summed E-state index contributed by atoms with van der Waals surface area (Å²) in [6, 6.07) is 7.40. The number of nitrogens with zero attached hydrogens (tertiary/aromatic N) is 2. The molecule has 0 aliphatic rings. The van der Waals surface area contributed by atoms with Gasteiger partial charge in [-0.2, -0.15) is 5.10 Å². The highest BCUT2D eigenvalue weighted by Gasteiger charge is 2.04. The monoisotopic (exact) mass is 258 g/mol. The Hall–Kier alpha value is -2.30. The highest BCUT2D eigenvalue weighted by molar-refractivity contribution is 5.99. The van der Waals surface area contributed by atoms with Gasteiger partial charge in [-0.05, 0) is 31.0 Å². The molecule has 2 amide bonds. The Balaban J connectivity index is 1.93. The zero-order valence-electron chi connectivity index (χ0n) is 11.2. The molecule has 1 heterocycles. The van der Waals surface area contributed by atoms with E-state index in [9.17, 15) is 4.79 Å². The second-order valence-electron chi connectivity index (χ2n) is 4.44. The van der Waals surface area contributed by atoms with E-state index in [0.717, 1.165) is 24.2 Å². The van der Waals surface area contributed by atoms with E-state index in [0.29, 0.717) is 5.69 Å². The number of amides is 2. The minimum absolute atomic E-state index is 0.262. The molecule has 0 saturated carbocycles. The van der Waals surface area contributed by atoms with Crippen LogP contribution in [0.4, 0.5) is 16.2 Å². The van der Waals surface area contributed by atoms with Crippen LogP contribution in [-0.4, -0.2) is 15.8 Å². The molecule has 5 nitrogen and oxygen atoms in total. The predicted molar refractivity (Wildman–Crippen MR) is 76.3 cm³/mol. The summed E-state index contributed by atoms with van der Waals surface area (Å²) in [4.78, 5) is 11.8. The molecule has 0 fully saturated rings. The maximum Gasteiger partial charge on any atom is 0.323 e. The molecule has 0 aliphatic heterocycles. The number of aryl methyl sites for hydroxylation is 2. The van der Waals surface area contributed by atoms with Crippen LogP contribution >= 0.6 is 0 Å². The minimum Gasteiger partial charge on any atom is -0.308 e. The highest BCUT2D eigenvalue weighted by Crippen LogP contribution is 2.11. The maximum atomic E-state index is 11.8. The summed E-state index contributed by atoms with van der Waals surface area (Å²) in [7, 11) is 0. The van der Waals surface area contributed by atoms with Crippen molar-refractivity contribution in [2.24, 2.45) is 0 Å². The molecule has 2 N–H and O–H groups in total. The topological polar surface area (TPSA) is 59.0 Å². The molecule has 19 heavy (non-hydrogen) atoms. The number of urea groups is 1. The lowest BCUT2D eigenvalue weighted by atomic mass is 10.2. The van der Waals surface area contributed by atoms with Crippen LogP contribution in [0.2, 0.25) is 0 Å². The standard InChI is InChI=1S/C14H18N4O/c1-3-7-18-10-13(9-15-18)17-14(19)16-12-6-4-5-11(2)8-12/h4-6,8-10H,3,7H2,1-2H3,(H2,16,17,19). The van der Waals surface area contributed by atoms with Gasteiger partial charge in [0, 0.05) is 18.4 Å². The van der Waals surface area contributed by atoms with Gasteiger partial charge in [0.2, 0.25) is 0 Å². The van der Waals surface area contributed by atoms with Crippen LogP contribution in [0.1, 0.15) is 18.9 Å². The number of anilines is 2. The van der Waals surface area contributed by atoms with Crippen molar-refractivity contribution < 1.29 is 4.79 Å². The second kappa shape index (κ2) is 6.04. The summed E-state index contributed by atoms with van der Waals surface area (Å²) >= 11 is 0. The second-order valence-corrected chi connectivity index (χ2v) is 4.44. The van der Waals surface area contributed by atoms with Crippen molar-refractivity contribution in [2.75, 3.05) is 10.6 Å². The summed E-state index contributed by atoms with van der Waals surface area (Å²) < 4.78 is 1.81. The first-order valence-electron chi connectivity index (χ1n) is 6.34. The normalized spacial score (nSPS) is 10.2. The van der Waals surface area contributed by atoms with Gasteiger partial charge >= 0.3 is 6.03 Å². The zero-order valence-corrected chi connectivity index (χ0v) is 11.2. The third kappa shape index (κ3) is 3.84. The van der Waals surface area contributed by atoms with Gasteiger partial charge in [0.25, 0.3) is 0 Å². The van der Waals surface area contributed by atoms with Crippen molar-refractivity contribution in [3.05, 3.63) is 42.2 Å². The van der Waals surface area contributed by atoms with Crippen molar-refractivity contribution in [1.29, 1.82) is 0 Å². The number of carbonyl (C=O) groups is 1. The summed E-state index contributed by atoms with van der Waals surface area (Å²) in [5, 5.41) is 9.69. The first-order chi connectivity index (χ1) is 9.17. The minimum atomic E-state index is -0.262. The van der Waals surface area contributed by atoms with Crippen molar-refractivity contribution in [1.82, 2.24) is 9.78 Å². The first-order valence-corrected chi connectivity index (χ1v) is 6.34. The first kappa shape index (κ1) is 13.1. The van der Waals surface area contributed by atoms with Gasteiger partial charge in [-0.1, -0.05) is 19.1 Å². The molecule has 0 bridgehead atoms. The molecular formula is C14H18N4O. The fraction of sp³-hybridized carbons (Fsp3) is 0.286. The lowest BCUT2D eigenvalue weighted by molar-refractivity contribution is 0.262. The van der Waals surface area contributed by atoms with Gasteiger partial charge in [0.15, 0.2) is 0 Å². The number of nitrogens with one attached hydrogen (secondary N) is 2. The molecule has 2 aromatic rings. The predicted octanol–water partition coefficient (Wildman–Crippen LogP) is 3.25. The summed E-state index contributed by atoms with van der Waals surface area (Å²) in [6.07, 6.45) is 4.47. The molecule has 1 aromatic carbocycles. The van der Waals surface area contributed by atoms with E-state index in [1.807, 2.05) is 42.1 Å². The van der Waals surface area contributed by atoms with E-state index >= 15 is 0 Å².